The summed E-state index contributed by atoms with van der Waals surface area (Å²) in [5.41, 5.74) is 9.42. The molecule has 0 unspecified atom stereocenters. The van der Waals surface area contributed by atoms with Crippen molar-refractivity contribution in [3.63, 3.8) is 0 Å². The van der Waals surface area contributed by atoms with Gasteiger partial charge in [-0.1, -0.05) is 24.3 Å². The summed E-state index contributed by atoms with van der Waals surface area (Å²) >= 11 is 0. The highest BCUT2D eigenvalue weighted by Gasteiger charge is 2.20. The van der Waals surface area contributed by atoms with Crippen molar-refractivity contribution in [2.24, 2.45) is 5.73 Å². The fourth-order valence-corrected chi connectivity index (χ4v) is 2.87. The Morgan fingerprint density at radius 2 is 2.19 bits per heavy atom. The van der Waals surface area contributed by atoms with Crippen LogP contribution in [0.3, 0.4) is 0 Å². The summed E-state index contributed by atoms with van der Waals surface area (Å²) in [6.07, 6.45) is 6.34. The highest BCUT2D eigenvalue weighted by atomic mass is 15.3. The molecule has 1 saturated heterocycles. The van der Waals surface area contributed by atoms with Crippen molar-refractivity contribution in [1.29, 1.82) is 5.41 Å². The SMILES string of the molecule is N=Cc1ccc(Cc2cn[nH]c2N2CCC[C@@H](N)C2)cc1. The predicted octanol–water partition coefficient (Wildman–Crippen LogP) is 1.93. The minimum atomic E-state index is 0.252. The number of hydrogen-bond acceptors (Lipinski definition) is 4. The molecule has 110 valence electrons. The highest BCUT2D eigenvalue weighted by molar-refractivity contribution is 5.76. The van der Waals surface area contributed by atoms with Crippen molar-refractivity contribution in [3.05, 3.63) is 47.2 Å². The molecule has 1 aliphatic heterocycles. The summed E-state index contributed by atoms with van der Waals surface area (Å²) in [5.74, 6) is 1.10. The zero-order chi connectivity index (χ0) is 14.7. The molecule has 5 nitrogen and oxygen atoms in total. The van der Waals surface area contributed by atoms with Gasteiger partial charge in [0.15, 0.2) is 0 Å². The summed E-state index contributed by atoms with van der Waals surface area (Å²) in [6.45, 7) is 1.93. The predicted molar refractivity (Wildman–Crippen MR) is 85.1 cm³/mol. The Labute approximate surface area is 124 Å². The van der Waals surface area contributed by atoms with Gasteiger partial charge in [0, 0.05) is 37.3 Å². The van der Waals surface area contributed by atoms with Crippen molar-refractivity contribution in [3.8, 4) is 0 Å². The summed E-state index contributed by atoms with van der Waals surface area (Å²) in [7, 11) is 0. The molecule has 0 spiro atoms. The topological polar surface area (TPSA) is 81.8 Å². The number of piperidine rings is 1. The van der Waals surface area contributed by atoms with E-state index < -0.39 is 0 Å². The molecule has 1 aromatic carbocycles. The fourth-order valence-electron chi connectivity index (χ4n) is 2.87. The first kappa shape index (κ1) is 13.8. The number of H-pyrrole nitrogens is 1. The lowest BCUT2D eigenvalue weighted by Gasteiger charge is -2.32. The Morgan fingerprint density at radius 3 is 2.90 bits per heavy atom. The van der Waals surface area contributed by atoms with Gasteiger partial charge in [0.05, 0.1) is 6.20 Å². The van der Waals surface area contributed by atoms with Crippen LogP contribution in [0.15, 0.2) is 30.5 Å². The number of anilines is 1. The van der Waals surface area contributed by atoms with Crippen LogP contribution in [-0.2, 0) is 6.42 Å². The fraction of sp³-hybridized carbons (Fsp3) is 0.375. The van der Waals surface area contributed by atoms with Crippen molar-refractivity contribution in [1.82, 2.24) is 10.2 Å². The van der Waals surface area contributed by atoms with E-state index in [0.717, 1.165) is 43.7 Å². The molecule has 4 N–H and O–H groups in total. The summed E-state index contributed by atoms with van der Waals surface area (Å²) in [4.78, 5) is 2.31. The molecule has 3 rings (SSSR count). The van der Waals surface area contributed by atoms with Crippen LogP contribution in [0, 0.1) is 5.41 Å². The van der Waals surface area contributed by atoms with E-state index in [4.69, 9.17) is 11.1 Å². The van der Waals surface area contributed by atoms with Crippen LogP contribution >= 0.6 is 0 Å². The van der Waals surface area contributed by atoms with Crippen LogP contribution in [0.25, 0.3) is 0 Å². The third-order valence-electron chi connectivity index (χ3n) is 4.01. The zero-order valence-electron chi connectivity index (χ0n) is 12.0. The van der Waals surface area contributed by atoms with Crippen LogP contribution in [0.1, 0.15) is 29.5 Å². The van der Waals surface area contributed by atoms with E-state index >= 15 is 0 Å². The summed E-state index contributed by atoms with van der Waals surface area (Å²) in [5, 5.41) is 14.6. The molecule has 0 saturated carbocycles. The first-order valence-corrected chi connectivity index (χ1v) is 7.38. The van der Waals surface area contributed by atoms with E-state index in [0.29, 0.717) is 0 Å². The van der Waals surface area contributed by atoms with Gasteiger partial charge in [-0.25, -0.2) is 0 Å². The minimum Gasteiger partial charge on any atom is -0.355 e. The second kappa shape index (κ2) is 6.10. The summed E-state index contributed by atoms with van der Waals surface area (Å²) < 4.78 is 0. The van der Waals surface area contributed by atoms with Gasteiger partial charge in [0.2, 0.25) is 0 Å². The molecule has 2 heterocycles. The Morgan fingerprint density at radius 1 is 1.38 bits per heavy atom. The van der Waals surface area contributed by atoms with Crippen LogP contribution in [0.4, 0.5) is 5.82 Å². The maximum absolute atomic E-state index is 7.24. The molecule has 1 atom stereocenters. The maximum atomic E-state index is 7.24. The molecule has 1 fully saturated rings. The summed E-state index contributed by atoms with van der Waals surface area (Å²) in [6, 6.07) is 8.33. The van der Waals surface area contributed by atoms with Crippen LogP contribution in [0.5, 0.6) is 0 Å². The van der Waals surface area contributed by atoms with Gasteiger partial charge in [-0.05, 0) is 24.0 Å². The highest BCUT2D eigenvalue weighted by Crippen LogP contribution is 2.23. The van der Waals surface area contributed by atoms with Crippen molar-refractivity contribution < 1.29 is 0 Å². The standard InChI is InChI=1S/C16H21N5/c17-9-13-5-3-12(4-6-13)8-14-10-19-20-16(14)21-7-1-2-15(18)11-21/h3-6,9-10,15,17H,1-2,7-8,11,18H2,(H,19,20)/t15-/m1/s1. The zero-order valence-corrected chi connectivity index (χ0v) is 12.0. The number of nitrogens with two attached hydrogens (primary N) is 1. The lowest BCUT2D eigenvalue weighted by atomic mass is 10.0. The number of aromatic nitrogens is 2. The van der Waals surface area contributed by atoms with Gasteiger partial charge >= 0.3 is 0 Å². The first-order valence-electron chi connectivity index (χ1n) is 7.38. The van der Waals surface area contributed by atoms with E-state index in [1.807, 2.05) is 18.3 Å². The van der Waals surface area contributed by atoms with Crippen LogP contribution < -0.4 is 10.6 Å². The van der Waals surface area contributed by atoms with Crippen LogP contribution in [0.2, 0.25) is 0 Å². The molecule has 1 aromatic heterocycles. The lowest BCUT2D eigenvalue weighted by Crippen LogP contribution is -2.43. The average molecular weight is 283 g/mol. The second-order valence-electron chi connectivity index (χ2n) is 5.65. The molecule has 0 aliphatic carbocycles. The van der Waals surface area contributed by atoms with Gasteiger partial charge in [0.25, 0.3) is 0 Å². The van der Waals surface area contributed by atoms with Crippen molar-refractivity contribution in [2.75, 3.05) is 18.0 Å². The quantitative estimate of drug-likeness (QED) is 0.750. The van der Waals surface area contributed by atoms with Crippen LogP contribution in [-0.4, -0.2) is 35.5 Å². The van der Waals surface area contributed by atoms with Gasteiger partial charge < -0.3 is 16.0 Å². The Balaban J connectivity index is 1.76. The van der Waals surface area contributed by atoms with Gasteiger partial charge in [0.1, 0.15) is 5.82 Å². The number of rotatable bonds is 4. The number of nitrogens with one attached hydrogen (secondary N) is 2. The molecule has 1 aliphatic rings. The van der Waals surface area contributed by atoms with Crippen molar-refractivity contribution in [2.45, 2.75) is 25.3 Å². The molecule has 0 amide bonds. The number of hydrogen-bond donors (Lipinski definition) is 3. The van der Waals surface area contributed by atoms with E-state index in [1.165, 1.54) is 17.3 Å². The van der Waals surface area contributed by atoms with Crippen molar-refractivity contribution >= 4 is 12.0 Å². The monoisotopic (exact) mass is 283 g/mol. The van der Waals surface area contributed by atoms with E-state index in [2.05, 4.69) is 27.2 Å². The van der Waals surface area contributed by atoms with Gasteiger partial charge in [-0.15, -0.1) is 0 Å². The largest absolute Gasteiger partial charge is 0.355 e. The molecular weight excluding hydrogens is 262 g/mol. The number of nitrogens with zero attached hydrogens (tertiary/aromatic N) is 2. The van der Waals surface area contributed by atoms with E-state index in [1.54, 1.807) is 0 Å². The van der Waals surface area contributed by atoms with E-state index in [9.17, 15) is 0 Å². The second-order valence-corrected chi connectivity index (χ2v) is 5.65. The number of aromatic amines is 1. The molecule has 21 heavy (non-hydrogen) atoms. The Bertz CT molecular complexity index is 601. The third-order valence-corrected chi connectivity index (χ3v) is 4.01. The molecule has 2 aromatic rings. The normalized spacial score (nSPS) is 18.7. The molecule has 5 heteroatoms. The van der Waals surface area contributed by atoms with Gasteiger partial charge in [-0.2, -0.15) is 5.10 Å². The van der Waals surface area contributed by atoms with E-state index in [-0.39, 0.29) is 6.04 Å². The first-order chi connectivity index (χ1) is 10.3. The minimum absolute atomic E-state index is 0.252. The van der Waals surface area contributed by atoms with Gasteiger partial charge in [-0.3, -0.25) is 5.10 Å². The molecule has 0 bridgehead atoms. The maximum Gasteiger partial charge on any atom is 0.127 e. The Kier molecular flexibility index (Phi) is 4.01. The number of benzene rings is 1. The third kappa shape index (κ3) is 3.13. The Hall–Kier alpha value is -2.14. The molecular formula is C16H21N5. The lowest BCUT2D eigenvalue weighted by molar-refractivity contribution is 0.502. The average Bonchev–Trinajstić information content (AvgIpc) is 2.96. The molecule has 0 radical (unpaired) electrons. The smallest absolute Gasteiger partial charge is 0.127 e.